The summed E-state index contributed by atoms with van der Waals surface area (Å²) in [5, 5.41) is 7.77. The standard InChI is InChI=1S/C20H24N6O2/c1-2-10-21-18(27)14-8-11-25(12-9-14)20-23-17-16(19(28)24-20)13-22-26(17)15-6-4-3-5-7-15/h3-7,13-14H,2,8-12H2,1H3,(H,21,27)(H,23,24,28). The van der Waals surface area contributed by atoms with Gasteiger partial charge in [-0.1, -0.05) is 25.1 Å². The summed E-state index contributed by atoms with van der Waals surface area (Å²) in [6.07, 6.45) is 3.97. The first kappa shape index (κ1) is 18.2. The summed E-state index contributed by atoms with van der Waals surface area (Å²) in [4.78, 5) is 34.3. The summed E-state index contributed by atoms with van der Waals surface area (Å²) in [6, 6.07) is 9.63. The van der Waals surface area contributed by atoms with Gasteiger partial charge >= 0.3 is 0 Å². The molecule has 4 rings (SSSR count). The molecule has 0 saturated carbocycles. The Morgan fingerprint density at radius 3 is 2.71 bits per heavy atom. The number of piperidine rings is 1. The molecule has 8 heteroatoms. The van der Waals surface area contributed by atoms with E-state index in [1.165, 1.54) is 0 Å². The molecule has 1 aromatic carbocycles. The van der Waals surface area contributed by atoms with Crippen LogP contribution in [0.5, 0.6) is 0 Å². The Kier molecular flexibility index (Phi) is 5.10. The number of benzene rings is 1. The van der Waals surface area contributed by atoms with Crippen molar-refractivity contribution in [1.82, 2.24) is 25.1 Å². The molecule has 0 atom stereocenters. The van der Waals surface area contributed by atoms with Gasteiger partial charge in [-0.05, 0) is 31.4 Å². The van der Waals surface area contributed by atoms with E-state index in [1.54, 1.807) is 10.9 Å². The molecule has 2 aromatic heterocycles. The Labute approximate surface area is 162 Å². The maximum Gasteiger partial charge on any atom is 0.263 e. The van der Waals surface area contributed by atoms with Crippen LogP contribution in [0.1, 0.15) is 26.2 Å². The van der Waals surface area contributed by atoms with Crippen molar-refractivity contribution in [1.29, 1.82) is 0 Å². The molecular weight excluding hydrogens is 356 g/mol. The SMILES string of the molecule is CCCNC(=O)C1CCN(c2nc3c(cnn3-c3ccccc3)c(=O)[nH]2)CC1. The summed E-state index contributed by atoms with van der Waals surface area (Å²) in [7, 11) is 0. The number of carbonyl (C=O) groups excluding carboxylic acids is 1. The highest BCUT2D eigenvalue weighted by Crippen LogP contribution is 2.22. The summed E-state index contributed by atoms with van der Waals surface area (Å²) >= 11 is 0. The molecule has 0 spiro atoms. The van der Waals surface area contributed by atoms with Gasteiger partial charge in [-0.2, -0.15) is 10.1 Å². The minimum absolute atomic E-state index is 0.0214. The lowest BCUT2D eigenvalue weighted by Gasteiger charge is -2.31. The zero-order valence-electron chi connectivity index (χ0n) is 15.9. The largest absolute Gasteiger partial charge is 0.356 e. The first-order chi connectivity index (χ1) is 13.7. The lowest BCUT2D eigenvalue weighted by atomic mass is 9.96. The molecule has 1 fully saturated rings. The lowest BCUT2D eigenvalue weighted by Crippen LogP contribution is -2.41. The number of hydrogen-bond acceptors (Lipinski definition) is 5. The van der Waals surface area contributed by atoms with Gasteiger partial charge in [0.15, 0.2) is 5.65 Å². The molecular formula is C20H24N6O2. The number of carbonyl (C=O) groups is 1. The van der Waals surface area contributed by atoms with E-state index in [-0.39, 0.29) is 17.4 Å². The van der Waals surface area contributed by atoms with Crippen molar-refractivity contribution in [3.63, 3.8) is 0 Å². The fraction of sp³-hybridized carbons (Fsp3) is 0.400. The van der Waals surface area contributed by atoms with Gasteiger partial charge in [0, 0.05) is 25.6 Å². The highest BCUT2D eigenvalue weighted by atomic mass is 16.2. The zero-order chi connectivity index (χ0) is 19.5. The molecule has 0 aliphatic carbocycles. The second kappa shape index (κ2) is 7.84. The van der Waals surface area contributed by atoms with Crippen LogP contribution in [0.3, 0.4) is 0 Å². The van der Waals surface area contributed by atoms with Crippen LogP contribution in [0.25, 0.3) is 16.7 Å². The van der Waals surface area contributed by atoms with E-state index in [9.17, 15) is 9.59 Å². The number of aromatic amines is 1. The van der Waals surface area contributed by atoms with E-state index in [0.717, 1.165) is 24.9 Å². The average Bonchev–Trinajstić information content (AvgIpc) is 3.17. The molecule has 8 nitrogen and oxygen atoms in total. The van der Waals surface area contributed by atoms with Crippen molar-refractivity contribution in [2.45, 2.75) is 26.2 Å². The van der Waals surface area contributed by atoms with Crippen LogP contribution in [-0.4, -0.2) is 45.3 Å². The highest BCUT2D eigenvalue weighted by Gasteiger charge is 2.26. The number of aromatic nitrogens is 4. The number of rotatable bonds is 5. The number of H-pyrrole nitrogens is 1. The first-order valence-electron chi connectivity index (χ1n) is 9.73. The van der Waals surface area contributed by atoms with Crippen LogP contribution < -0.4 is 15.8 Å². The van der Waals surface area contributed by atoms with Gasteiger partial charge < -0.3 is 10.2 Å². The van der Waals surface area contributed by atoms with Crippen LogP contribution in [0.15, 0.2) is 41.3 Å². The topological polar surface area (TPSA) is 95.9 Å². The monoisotopic (exact) mass is 380 g/mol. The molecule has 2 N–H and O–H groups in total. The summed E-state index contributed by atoms with van der Waals surface area (Å²) in [5.74, 6) is 0.677. The molecule has 146 valence electrons. The Morgan fingerprint density at radius 1 is 1.25 bits per heavy atom. The van der Waals surface area contributed by atoms with Gasteiger partial charge in [0.1, 0.15) is 5.39 Å². The molecule has 1 aliphatic heterocycles. The van der Waals surface area contributed by atoms with Gasteiger partial charge in [0.05, 0.1) is 11.9 Å². The third-order valence-electron chi connectivity index (χ3n) is 5.14. The van der Waals surface area contributed by atoms with Gasteiger partial charge in [-0.25, -0.2) is 4.68 Å². The molecule has 3 heterocycles. The van der Waals surface area contributed by atoms with Crippen LogP contribution in [0.4, 0.5) is 5.95 Å². The van der Waals surface area contributed by atoms with Crippen molar-refractivity contribution < 1.29 is 4.79 Å². The normalized spacial score (nSPS) is 15.1. The van der Waals surface area contributed by atoms with Crippen LogP contribution in [0.2, 0.25) is 0 Å². The van der Waals surface area contributed by atoms with Gasteiger partial charge in [0.25, 0.3) is 5.56 Å². The predicted molar refractivity (Wildman–Crippen MR) is 108 cm³/mol. The van der Waals surface area contributed by atoms with Crippen molar-refractivity contribution >= 4 is 22.9 Å². The minimum Gasteiger partial charge on any atom is -0.356 e. The molecule has 1 amide bonds. The molecule has 1 saturated heterocycles. The van der Waals surface area contributed by atoms with Crippen LogP contribution in [-0.2, 0) is 4.79 Å². The molecule has 1 aliphatic rings. The Hall–Kier alpha value is -3.16. The maximum atomic E-state index is 12.5. The summed E-state index contributed by atoms with van der Waals surface area (Å²) in [5.41, 5.74) is 1.19. The van der Waals surface area contributed by atoms with E-state index in [2.05, 4.69) is 20.4 Å². The average molecular weight is 380 g/mol. The lowest BCUT2D eigenvalue weighted by molar-refractivity contribution is -0.125. The zero-order valence-corrected chi connectivity index (χ0v) is 15.9. The summed E-state index contributed by atoms with van der Waals surface area (Å²) in [6.45, 7) is 4.12. The molecule has 0 bridgehead atoms. The number of nitrogens with one attached hydrogen (secondary N) is 2. The molecule has 28 heavy (non-hydrogen) atoms. The third kappa shape index (κ3) is 3.49. The second-order valence-corrected chi connectivity index (χ2v) is 7.07. The van der Waals surface area contributed by atoms with Gasteiger partial charge in [-0.3, -0.25) is 14.6 Å². The fourth-order valence-corrected chi connectivity index (χ4v) is 3.56. The van der Waals surface area contributed by atoms with Gasteiger partial charge in [0.2, 0.25) is 11.9 Å². The van der Waals surface area contributed by atoms with Crippen molar-refractivity contribution in [3.05, 3.63) is 46.9 Å². The number of hydrogen-bond donors (Lipinski definition) is 2. The smallest absolute Gasteiger partial charge is 0.263 e. The Balaban J connectivity index is 1.57. The number of anilines is 1. The third-order valence-corrected chi connectivity index (χ3v) is 5.14. The van der Waals surface area contributed by atoms with E-state index >= 15 is 0 Å². The number of fused-ring (bicyclic) bond motifs is 1. The summed E-state index contributed by atoms with van der Waals surface area (Å²) < 4.78 is 1.68. The number of amides is 1. The van der Waals surface area contributed by atoms with Crippen molar-refractivity contribution in [2.24, 2.45) is 5.92 Å². The van der Waals surface area contributed by atoms with E-state index in [4.69, 9.17) is 0 Å². The minimum atomic E-state index is -0.204. The van der Waals surface area contributed by atoms with E-state index < -0.39 is 0 Å². The second-order valence-electron chi connectivity index (χ2n) is 7.07. The van der Waals surface area contributed by atoms with E-state index in [0.29, 0.717) is 36.6 Å². The van der Waals surface area contributed by atoms with E-state index in [1.807, 2.05) is 42.2 Å². The molecule has 0 radical (unpaired) electrons. The maximum absolute atomic E-state index is 12.5. The van der Waals surface area contributed by atoms with Gasteiger partial charge in [-0.15, -0.1) is 0 Å². The quantitative estimate of drug-likeness (QED) is 0.704. The number of nitrogens with zero attached hydrogens (tertiary/aromatic N) is 4. The van der Waals surface area contributed by atoms with Crippen LogP contribution >= 0.6 is 0 Å². The van der Waals surface area contributed by atoms with Crippen molar-refractivity contribution in [2.75, 3.05) is 24.5 Å². The predicted octanol–water partition coefficient (Wildman–Crippen LogP) is 1.85. The highest BCUT2D eigenvalue weighted by molar-refractivity contribution is 5.79. The van der Waals surface area contributed by atoms with Crippen LogP contribution in [0, 0.1) is 5.92 Å². The first-order valence-corrected chi connectivity index (χ1v) is 9.73. The Morgan fingerprint density at radius 2 is 2.00 bits per heavy atom. The molecule has 0 unspecified atom stereocenters. The number of para-hydroxylation sites is 1. The Bertz CT molecular complexity index is 1020. The van der Waals surface area contributed by atoms with Crippen molar-refractivity contribution in [3.8, 4) is 5.69 Å². The molecule has 3 aromatic rings. The fourth-order valence-electron chi connectivity index (χ4n) is 3.56.